The first-order chi connectivity index (χ1) is 10.1. The van der Waals surface area contributed by atoms with Crippen LogP contribution in [-0.2, 0) is 4.74 Å². The molecule has 2 rings (SSSR count). The first-order valence-corrected chi connectivity index (χ1v) is 7.39. The molecule has 0 saturated carbocycles. The van der Waals surface area contributed by atoms with E-state index in [-0.39, 0.29) is 18.8 Å². The van der Waals surface area contributed by atoms with Gasteiger partial charge in [0, 0.05) is 19.6 Å². The fourth-order valence-corrected chi connectivity index (χ4v) is 2.65. The van der Waals surface area contributed by atoms with Crippen LogP contribution in [0.4, 0.5) is 0 Å². The zero-order chi connectivity index (χ0) is 15.2. The van der Waals surface area contributed by atoms with E-state index < -0.39 is 6.10 Å². The second-order valence-electron chi connectivity index (χ2n) is 5.62. The molecule has 118 valence electrons. The molecule has 0 unspecified atom stereocenters. The van der Waals surface area contributed by atoms with Gasteiger partial charge in [-0.1, -0.05) is 0 Å². The summed E-state index contributed by atoms with van der Waals surface area (Å²) in [6, 6.07) is 7.36. The highest BCUT2D eigenvalue weighted by atomic mass is 16.5. The zero-order valence-electron chi connectivity index (χ0n) is 13.0. The Morgan fingerprint density at radius 3 is 2.33 bits per heavy atom. The molecule has 1 fully saturated rings. The number of β-amino-alcohol motifs (C(OH)–C–C–N with tert-alkyl or cyclic N) is 1. The number of methoxy groups -OCH3 is 1. The van der Waals surface area contributed by atoms with Crippen molar-refractivity contribution >= 4 is 0 Å². The Hall–Kier alpha value is -1.30. The summed E-state index contributed by atoms with van der Waals surface area (Å²) in [6.45, 7) is 6.71. The molecule has 5 nitrogen and oxygen atoms in total. The predicted octanol–water partition coefficient (Wildman–Crippen LogP) is 1.54. The summed E-state index contributed by atoms with van der Waals surface area (Å²) < 4.78 is 16.4. The lowest BCUT2D eigenvalue weighted by molar-refractivity contribution is -0.0786. The van der Waals surface area contributed by atoms with Gasteiger partial charge in [-0.2, -0.15) is 0 Å². The monoisotopic (exact) mass is 295 g/mol. The predicted molar refractivity (Wildman–Crippen MR) is 80.9 cm³/mol. The van der Waals surface area contributed by atoms with Crippen LogP contribution in [0.1, 0.15) is 13.8 Å². The molecule has 0 bridgehead atoms. The van der Waals surface area contributed by atoms with Gasteiger partial charge in [0.25, 0.3) is 0 Å². The maximum absolute atomic E-state index is 10.1. The van der Waals surface area contributed by atoms with Gasteiger partial charge in [-0.05, 0) is 38.1 Å². The average molecular weight is 295 g/mol. The molecular weight excluding hydrogens is 270 g/mol. The standard InChI is InChI=1S/C16H25NO4/c1-12-8-17(9-13(2)21-12)10-14(18)11-20-16-6-4-15(19-3)5-7-16/h4-7,12-14,18H,8-11H2,1-3H3/t12-,13-,14-/m0/s1. The van der Waals surface area contributed by atoms with Gasteiger partial charge in [-0.15, -0.1) is 0 Å². The van der Waals surface area contributed by atoms with Crippen molar-refractivity contribution in [3.63, 3.8) is 0 Å². The third-order valence-corrected chi connectivity index (χ3v) is 3.47. The number of aliphatic hydroxyl groups excluding tert-OH is 1. The molecule has 1 saturated heterocycles. The van der Waals surface area contributed by atoms with Crippen molar-refractivity contribution in [1.29, 1.82) is 0 Å². The Labute approximate surface area is 126 Å². The molecule has 1 aliphatic rings. The maximum atomic E-state index is 10.1. The number of benzene rings is 1. The van der Waals surface area contributed by atoms with Crippen molar-refractivity contribution in [2.24, 2.45) is 0 Å². The van der Waals surface area contributed by atoms with Crippen LogP contribution in [0.15, 0.2) is 24.3 Å². The van der Waals surface area contributed by atoms with Crippen molar-refractivity contribution in [2.45, 2.75) is 32.2 Å². The molecule has 1 N–H and O–H groups in total. The Bertz CT molecular complexity index is 413. The summed E-state index contributed by atoms with van der Waals surface area (Å²) in [4.78, 5) is 2.22. The smallest absolute Gasteiger partial charge is 0.119 e. The molecule has 0 aromatic heterocycles. The van der Waals surface area contributed by atoms with Gasteiger partial charge < -0.3 is 19.3 Å². The van der Waals surface area contributed by atoms with Crippen LogP contribution in [0.2, 0.25) is 0 Å². The highest BCUT2D eigenvalue weighted by molar-refractivity contribution is 5.31. The van der Waals surface area contributed by atoms with Gasteiger partial charge in [0.15, 0.2) is 0 Å². The highest BCUT2D eigenvalue weighted by Crippen LogP contribution is 2.17. The van der Waals surface area contributed by atoms with E-state index in [1.165, 1.54) is 0 Å². The molecule has 1 aromatic rings. The van der Waals surface area contributed by atoms with Crippen LogP contribution in [0, 0.1) is 0 Å². The fraction of sp³-hybridized carbons (Fsp3) is 0.625. The summed E-state index contributed by atoms with van der Waals surface area (Å²) in [7, 11) is 1.63. The molecule has 0 radical (unpaired) electrons. The van der Waals surface area contributed by atoms with Crippen LogP contribution < -0.4 is 9.47 Å². The molecule has 3 atom stereocenters. The van der Waals surface area contributed by atoms with Crippen molar-refractivity contribution in [2.75, 3.05) is 33.4 Å². The minimum absolute atomic E-state index is 0.212. The van der Waals surface area contributed by atoms with Crippen molar-refractivity contribution in [1.82, 2.24) is 4.90 Å². The Balaban J connectivity index is 1.74. The Kier molecular flexibility index (Phi) is 5.85. The minimum atomic E-state index is -0.510. The average Bonchev–Trinajstić information content (AvgIpc) is 2.44. The molecule has 0 amide bonds. The Morgan fingerprint density at radius 1 is 1.19 bits per heavy atom. The van der Waals surface area contributed by atoms with E-state index >= 15 is 0 Å². The fourth-order valence-electron chi connectivity index (χ4n) is 2.65. The van der Waals surface area contributed by atoms with E-state index in [1.807, 2.05) is 24.3 Å². The number of nitrogens with zero attached hydrogens (tertiary/aromatic N) is 1. The summed E-state index contributed by atoms with van der Waals surface area (Å²) in [5.41, 5.74) is 0. The van der Waals surface area contributed by atoms with Gasteiger partial charge in [0.2, 0.25) is 0 Å². The van der Waals surface area contributed by atoms with Crippen LogP contribution in [0.3, 0.4) is 0 Å². The number of rotatable bonds is 6. The molecular formula is C16H25NO4. The zero-order valence-corrected chi connectivity index (χ0v) is 13.0. The van der Waals surface area contributed by atoms with E-state index in [0.717, 1.165) is 24.6 Å². The SMILES string of the molecule is COc1ccc(OC[C@@H](O)CN2C[C@H](C)O[C@@H](C)C2)cc1. The molecule has 1 heterocycles. The van der Waals surface area contributed by atoms with E-state index in [1.54, 1.807) is 7.11 Å². The first kappa shape index (κ1) is 16.1. The number of hydrogen-bond acceptors (Lipinski definition) is 5. The number of aliphatic hydroxyl groups is 1. The molecule has 1 aromatic carbocycles. The number of ether oxygens (including phenoxy) is 3. The van der Waals surface area contributed by atoms with E-state index in [2.05, 4.69) is 18.7 Å². The normalized spacial score (nSPS) is 24.6. The largest absolute Gasteiger partial charge is 0.497 e. The summed E-state index contributed by atoms with van der Waals surface area (Å²) >= 11 is 0. The van der Waals surface area contributed by atoms with Crippen molar-refractivity contribution in [3.8, 4) is 11.5 Å². The second-order valence-corrected chi connectivity index (χ2v) is 5.62. The van der Waals surface area contributed by atoms with Gasteiger partial charge in [0.1, 0.15) is 24.2 Å². The topological polar surface area (TPSA) is 51.2 Å². The van der Waals surface area contributed by atoms with Crippen molar-refractivity contribution < 1.29 is 19.3 Å². The molecule has 21 heavy (non-hydrogen) atoms. The molecule has 0 aliphatic carbocycles. The molecule has 1 aliphatic heterocycles. The Morgan fingerprint density at radius 2 is 1.76 bits per heavy atom. The van der Waals surface area contributed by atoms with Gasteiger partial charge in [-0.3, -0.25) is 4.90 Å². The van der Waals surface area contributed by atoms with Gasteiger partial charge in [0.05, 0.1) is 19.3 Å². The van der Waals surface area contributed by atoms with Gasteiger partial charge >= 0.3 is 0 Å². The lowest BCUT2D eigenvalue weighted by Gasteiger charge is -2.36. The van der Waals surface area contributed by atoms with Crippen LogP contribution >= 0.6 is 0 Å². The van der Waals surface area contributed by atoms with Crippen LogP contribution in [0.25, 0.3) is 0 Å². The third kappa shape index (κ3) is 5.19. The van der Waals surface area contributed by atoms with Crippen LogP contribution in [-0.4, -0.2) is 61.7 Å². The molecule has 5 heteroatoms. The third-order valence-electron chi connectivity index (χ3n) is 3.47. The van der Waals surface area contributed by atoms with Gasteiger partial charge in [-0.25, -0.2) is 0 Å². The first-order valence-electron chi connectivity index (χ1n) is 7.39. The van der Waals surface area contributed by atoms with E-state index in [4.69, 9.17) is 14.2 Å². The highest BCUT2D eigenvalue weighted by Gasteiger charge is 2.23. The van der Waals surface area contributed by atoms with Crippen LogP contribution in [0.5, 0.6) is 11.5 Å². The number of morpholine rings is 1. The van der Waals surface area contributed by atoms with Crippen molar-refractivity contribution in [3.05, 3.63) is 24.3 Å². The molecule has 0 spiro atoms. The van der Waals surface area contributed by atoms with E-state index in [9.17, 15) is 5.11 Å². The summed E-state index contributed by atoms with van der Waals surface area (Å²) in [6.07, 6.45) is -0.0866. The summed E-state index contributed by atoms with van der Waals surface area (Å²) in [5, 5.41) is 10.1. The maximum Gasteiger partial charge on any atom is 0.119 e. The lowest BCUT2D eigenvalue weighted by Crippen LogP contribution is -2.48. The quantitative estimate of drug-likeness (QED) is 0.863. The second kappa shape index (κ2) is 7.64. The summed E-state index contributed by atoms with van der Waals surface area (Å²) in [5.74, 6) is 1.53. The number of hydrogen-bond donors (Lipinski definition) is 1. The lowest BCUT2D eigenvalue weighted by atomic mass is 10.2. The minimum Gasteiger partial charge on any atom is -0.497 e. The van der Waals surface area contributed by atoms with E-state index in [0.29, 0.717) is 6.54 Å².